The van der Waals surface area contributed by atoms with E-state index in [0.717, 1.165) is 12.5 Å². The molecule has 84 valence electrons. The van der Waals surface area contributed by atoms with Crippen molar-refractivity contribution in [2.24, 2.45) is 11.7 Å². The largest absolute Gasteiger partial charge is 0.329 e. The first-order valence-corrected chi connectivity index (χ1v) is 6.66. The molecule has 0 aliphatic carbocycles. The lowest BCUT2D eigenvalue weighted by molar-refractivity contribution is 0.135. The van der Waals surface area contributed by atoms with Crippen LogP contribution in [0.1, 0.15) is 30.7 Å². The van der Waals surface area contributed by atoms with E-state index in [1.165, 1.54) is 30.8 Å². The summed E-state index contributed by atoms with van der Waals surface area (Å²) in [5.41, 5.74) is 5.91. The van der Waals surface area contributed by atoms with Gasteiger partial charge in [-0.2, -0.15) is 0 Å². The predicted octanol–water partition coefficient (Wildman–Crippen LogP) is 2.48. The van der Waals surface area contributed by atoms with Gasteiger partial charge in [0, 0.05) is 18.0 Å². The van der Waals surface area contributed by atoms with Crippen molar-refractivity contribution in [3.05, 3.63) is 22.4 Å². The Labute approximate surface area is 96.1 Å². The van der Waals surface area contributed by atoms with Gasteiger partial charge in [0.25, 0.3) is 0 Å². The molecule has 0 radical (unpaired) electrons. The summed E-state index contributed by atoms with van der Waals surface area (Å²) in [7, 11) is 0. The zero-order valence-electron chi connectivity index (χ0n) is 9.36. The third-order valence-electron chi connectivity index (χ3n) is 3.22. The van der Waals surface area contributed by atoms with E-state index in [1.54, 1.807) is 0 Å². The van der Waals surface area contributed by atoms with Gasteiger partial charge < -0.3 is 5.73 Å². The second-order valence-electron chi connectivity index (χ2n) is 4.51. The fraction of sp³-hybridized carbons (Fsp3) is 0.667. The Hall–Kier alpha value is -0.380. The van der Waals surface area contributed by atoms with Crippen LogP contribution in [-0.2, 0) is 0 Å². The highest BCUT2D eigenvalue weighted by molar-refractivity contribution is 7.10. The topological polar surface area (TPSA) is 29.3 Å². The summed E-state index contributed by atoms with van der Waals surface area (Å²) in [5, 5.41) is 2.14. The Kier molecular flexibility index (Phi) is 3.78. The number of piperidine rings is 1. The molecule has 15 heavy (non-hydrogen) atoms. The average molecular weight is 224 g/mol. The van der Waals surface area contributed by atoms with Crippen LogP contribution in [-0.4, -0.2) is 24.5 Å². The molecule has 0 spiro atoms. The van der Waals surface area contributed by atoms with E-state index in [9.17, 15) is 0 Å². The van der Waals surface area contributed by atoms with Crippen molar-refractivity contribution in [3.8, 4) is 0 Å². The van der Waals surface area contributed by atoms with Gasteiger partial charge in [-0.1, -0.05) is 13.0 Å². The molecule has 2 N–H and O–H groups in total. The van der Waals surface area contributed by atoms with Gasteiger partial charge in [-0.15, -0.1) is 11.3 Å². The Morgan fingerprint density at radius 1 is 1.67 bits per heavy atom. The number of nitrogens with zero attached hydrogens (tertiary/aromatic N) is 1. The molecule has 1 aliphatic heterocycles. The van der Waals surface area contributed by atoms with E-state index in [4.69, 9.17) is 5.73 Å². The van der Waals surface area contributed by atoms with Gasteiger partial charge in [0.15, 0.2) is 0 Å². The zero-order valence-corrected chi connectivity index (χ0v) is 10.2. The van der Waals surface area contributed by atoms with E-state index in [0.29, 0.717) is 6.04 Å². The third kappa shape index (κ3) is 2.60. The molecule has 0 amide bonds. The first-order valence-electron chi connectivity index (χ1n) is 5.78. The van der Waals surface area contributed by atoms with Crippen LogP contribution >= 0.6 is 11.3 Å². The SMILES string of the molecule is CC1CCCN(C(CN)c2cccs2)C1. The number of nitrogens with two attached hydrogens (primary N) is 1. The van der Waals surface area contributed by atoms with Gasteiger partial charge in [-0.3, -0.25) is 4.90 Å². The molecule has 0 aromatic carbocycles. The minimum absolute atomic E-state index is 0.452. The fourth-order valence-electron chi connectivity index (χ4n) is 2.43. The van der Waals surface area contributed by atoms with Crippen LogP contribution in [0.3, 0.4) is 0 Å². The van der Waals surface area contributed by atoms with Gasteiger partial charge in [0.2, 0.25) is 0 Å². The first-order chi connectivity index (χ1) is 7.31. The van der Waals surface area contributed by atoms with Gasteiger partial charge in [0.1, 0.15) is 0 Å². The average Bonchev–Trinajstić information content (AvgIpc) is 2.72. The number of hydrogen-bond acceptors (Lipinski definition) is 3. The second-order valence-corrected chi connectivity index (χ2v) is 5.49. The summed E-state index contributed by atoms with van der Waals surface area (Å²) in [6.45, 7) is 5.51. The molecule has 2 rings (SSSR count). The molecule has 1 fully saturated rings. The Bertz CT molecular complexity index is 284. The van der Waals surface area contributed by atoms with E-state index in [2.05, 4.69) is 29.3 Å². The van der Waals surface area contributed by atoms with Crippen LogP contribution < -0.4 is 5.73 Å². The van der Waals surface area contributed by atoms with Crippen LogP contribution in [0.4, 0.5) is 0 Å². The predicted molar refractivity (Wildman–Crippen MR) is 66.1 cm³/mol. The maximum absolute atomic E-state index is 5.91. The van der Waals surface area contributed by atoms with E-state index in [-0.39, 0.29) is 0 Å². The van der Waals surface area contributed by atoms with Crippen molar-refractivity contribution in [3.63, 3.8) is 0 Å². The molecule has 2 unspecified atom stereocenters. The summed E-state index contributed by atoms with van der Waals surface area (Å²) >= 11 is 1.83. The standard InChI is InChI=1S/C12H20N2S/c1-10-4-2-6-14(9-10)11(8-13)12-5-3-7-15-12/h3,5,7,10-11H,2,4,6,8-9,13H2,1H3. The molecule has 2 heterocycles. The molecule has 2 atom stereocenters. The first kappa shape index (κ1) is 11.1. The lowest BCUT2D eigenvalue weighted by Gasteiger charge is -2.36. The van der Waals surface area contributed by atoms with Crippen LogP contribution in [0.5, 0.6) is 0 Å². The highest BCUT2D eigenvalue weighted by Gasteiger charge is 2.24. The number of hydrogen-bond donors (Lipinski definition) is 1. The quantitative estimate of drug-likeness (QED) is 0.854. The molecule has 1 aromatic heterocycles. The normalized spacial score (nSPS) is 25.3. The van der Waals surface area contributed by atoms with E-state index < -0.39 is 0 Å². The molecule has 0 saturated carbocycles. The lowest BCUT2D eigenvalue weighted by Crippen LogP contribution is -2.40. The van der Waals surface area contributed by atoms with Crippen LogP contribution in [0.2, 0.25) is 0 Å². The van der Waals surface area contributed by atoms with Crippen molar-refractivity contribution in [1.82, 2.24) is 4.90 Å². The van der Waals surface area contributed by atoms with Gasteiger partial charge >= 0.3 is 0 Å². The van der Waals surface area contributed by atoms with Crippen molar-refractivity contribution in [1.29, 1.82) is 0 Å². The minimum atomic E-state index is 0.452. The van der Waals surface area contributed by atoms with Gasteiger partial charge in [-0.05, 0) is 36.8 Å². The maximum Gasteiger partial charge on any atom is 0.0564 e. The highest BCUT2D eigenvalue weighted by Crippen LogP contribution is 2.28. The van der Waals surface area contributed by atoms with Crippen LogP contribution in [0.25, 0.3) is 0 Å². The fourth-order valence-corrected chi connectivity index (χ4v) is 3.31. The zero-order chi connectivity index (χ0) is 10.7. The van der Waals surface area contributed by atoms with Crippen molar-refractivity contribution < 1.29 is 0 Å². The number of thiophene rings is 1. The lowest BCUT2D eigenvalue weighted by atomic mass is 9.98. The number of rotatable bonds is 3. The molecule has 1 aromatic rings. The molecule has 1 aliphatic rings. The molecular formula is C12H20N2S. The van der Waals surface area contributed by atoms with Crippen LogP contribution in [0, 0.1) is 5.92 Å². The van der Waals surface area contributed by atoms with Crippen molar-refractivity contribution in [2.45, 2.75) is 25.8 Å². The maximum atomic E-state index is 5.91. The van der Waals surface area contributed by atoms with Crippen LogP contribution in [0.15, 0.2) is 17.5 Å². The summed E-state index contributed by atoms with van der Waals surface area (Å²) < 4.78 is 0. The van der Waals surface area contributed by atoms with Gasteiger partial charge in [0.05, 0.1) is 6.04 Å². The Morgan fingerprint density at radius 3 is 3.13 bits per heavy atom. The van der Waals surface area contributed by atoms with E-state index in [1.807, 2.05) is 11.3 Å². The molecule has 0 bridgehead atoms. The second kappa shape index (κ2) is 5.10. The highest BCUT2D eigenvalue weighted by atomic mass is 32.1. The number of likely N-dealkylation sites (tertiary alicyclic amines) is 1. The smallest absolute Gasteiger partial charge is 0.0564 e. The Morgan fingerprint density at radius 2 is 2.53 bits per heavy atom. The summed E-state index contributed by atoms with van der Waals surface area (Å²) in [6.07, 6.45) is 2.70. The minimum Gasteiger partial charge on any atom is -0.329 e. The van der Waals surface area contributed by atoms with E-state index >= 15 is 0 Å². The van der Waals surface area contributed by atoms with Gasteiger partial charge in [-0.25, -0.2) is 0 Å². The van der Waals surface area contributed by atoms with Crippen molar-refractivity contribution in [2.75, 3.05) is 19.6 Å². The Balaban J connectivity index is 2.06. The molecular weight excluding hydrogens is 204 g/mol. The molecule has 2 nitrogen and oxygen atoms in total. The van der Waals surface area contributed by atoms with Crippen molar-refractivity contribution >= 4 is 11.3 Å². The summed E-state index contributed by atoms with van der Waals surface area (Å²) in [6, 6.07) is 4.78. The summed E-state index contributed by atoms with van der Waals surface area (Å²) in [4.78, 5) is 3.98. The monoisotopic (exact) mass is 224 g/mol. The molecule has 3 heteroatoms. The third-order valence-corrected chi connectivity index (χ3v) is 4.20. The summed E-state index contributed by atoms with van der Waals surface area (Å²) in [5.74, 6) is 0.827. The molecule has 1 saturated heterocycles.